The molecule has 0 saturated carbocycles. The maximum absolute atomic E-state index is 13.0. The van der Waals surface area contributed by atoms with Crippen molar-refractivity contribution in [1.82, 2.24) is 19.2 Å². The smallest absolute Gasteiger partial charge is 0.243 e. The number of piperazine rings is 1. The predicted molar refractivity (Wildman–Crippen MR) is 131 cm³/mol. The minimum Gasteiger partial charge on any atom is -0.363 e. The highest BCUT2D eigenvalue weighted by Crippen LogP contribution is 2.28. The maximum atomic E-state index is 13.0. The first-order chi connectivity index (χ1) is 16.0. The van der Waals surface area contributed by atoms with Crippen molar-refractivity contribution in [2.45, 2.75) is 24.3 Å². The molecule has 33 heavy (non-hydrogen) atoms. The number of hydrogen-bond acceptors (Lipinski definition) is 7. The molecular formula is C24H30N6O2S. The molecule has 2 aliphatic rings. The topological polar surface area (TPSA) is 81.7 Å². The number of benzene rings is 2. The van der Waals surface area contributed by atoms with Crippen LogP contribution in [0.1, 0.15) is 18.4 Å². The SMILES string of the molecule is CN1CCN(S(=O)(=O)c2ccc(CNc3nc4ccccc4nc3N3CCCC3)cc2)CC1. The molecule has 9 heteroatoms. The summed E-state index contributed by atoms with van der Waals surface area (Å²) in [6.45, 7) is 5.09. The third kappa shape index (κ3) is 4.66. The molecule has 3 heterocycles. The van der Waals surface area contributed by atoms with Gasteiger partial charge in [-0.1, -0.05) is 24.3 Å². The van der Waals surface area contributed by atoms with Crippen LogP contribution in [-0.4, -0.2) is 73.9 Å². The van der Waals surface area contributed by atoms with E-state index in [0.717, 1.165) is 67.3 Å². The summed E-state index contributed by atoms with van der Waals surface area (Å²) in [5.74, 6) is 1.66. The Balaban J connectivity index is 1.33. The molecule has 2 aromatic carbocycles. The summed E-state index contributed by atoms with van der Waals surface area (Å²) < 4.78 is 27.5. The molecule has 1 aromatic heterocycles. The molecule has 2 aliphatic heterocycles. The van der Waals surface area contributed by atoms with Gasteiger partial charge in [0.2, 0.25) is 10.0 Å². The van der Waals surface area contributed by atoms with Crippen molar-refractivity contribution >= 4 is 32.7 Å². The third-order valence-electron chi connectivity index (χ3n) is 6.44. The number of nitrogens with zero attached hydrogens (tertiary/aromatic N) is 5. The molecule has 0 aliphatic carbocycles. The van der Waals surface area contributed by atoms with Crippen LogP contribution < -0.4 is 10.2 Å². The van der Waals surface area contributed by atoms with Crippen molar-refractivity contribution in [3.63, 3.8) is 0 Å². The molecule has 174 valence electrons. The minimum atomic E-state index is -3.45. The second-order valence-electron chi connectivity index (χ2n) is 8.78. The van der Waals surface area contributed by atoms with E-state index in [9.17, 15) is 8.42 Å². The lowest BCUT2D eigenvalue weighted by molar-refractivity contribution is 0.222. The molecule has 0 bridgehead atoms. The molecule has 8 nitrogen and oxygen atoms in total. The number of para-hydroxylation sites is 2. The molecule has 3 aromatic rings. The van der Waals surface area contributed by atoms with Crippen LogP contribution in [0.4, 0.5) is 11.6 Å². The fourth-order valence-electron chi connectivity index (χ4n) is 4.40. The Hall–Kier alpha value is -2.75. The Kier molecular flexibility index (Phi) is 6.18. The molecular weight excluding hydrogens is 436 g/mol. The Morgan fingerprint density at radius 3 is 2.15 bits per heavy atom. The lowest BCUT2D eigenvalue weighted by Gasteiger charge is -2.31. The number of aromatic nitrogens is 2. The molecule has 0 unspecified atom stereocenters. The van der Waals surface area contributed by atoms with Crippen LogP contribution in [0.2, 0.25) is 0 Å². The average molecular weight is 467 g/mol. The van der Waals surface area contributed by atoms with Gasteiger partial charge in [-0.05, 0) is 49.7 Å². The van der Waals surface area contributed by atoms with Gasteiger partial charge in [0, 0.05) is 45.8 Å². The van der Waals surface area contributed by atoms with E-state index < -0.39 is 10.0 Å². The average Bonchev–Trinajstić information content (AvgIpc) is 3.37. The summed E-state index contributed by atoms with van der Waals surface area (Å²) in [5.41, 5.74) is 2.75. The first kappa shape index (κ1) is 22.1. The van der Waals surface area contributed by atoms with Gasteiger partial charge in [0.15, 0.2) is 11.6 Å². The zero-order valence-corrected chi connectivity index (χ0v) is 19.8. The van der Waals surface area contributed by atoms with Gasteiger partial charge in [0.25, 0.3) is 0 Å². The summed E-state index contributed by atoms with van der Waals surface area (Å²) in [6, 6.07) is 15.1. The van der Waals surface area contributed by atoms with Crippen LogP contribution in [0.3, 0.4) is 0 Å². The molecule has 1 N–H and O–H groups in total. The second-order valence-corrected chi connectivity index (χ2v) is 10.7. The van der Waals surface area contributed by atoms with Gasteiger partial charge in [0.1, 0.15) is 0 Å². The predicted octanol–water partition coefficient (Wildman–Crippen LogP) is 2.78. The molecule has 2 fully saturated rings. The first-order valence-electron chi connectivity index (χ1n) is 11.5. The van der Waals surface area contributed by atoms with Crippen molar-refractivity contribution in [3.05, 3.63) is 54.1 Å². The molecule has 2 saturated heterocycles. The zero-order valence-electron chi connectivity index (χ0n) is 18.9. The summed E-state index contributed by atoms with van der Waals surface area (Å²) in [5, 5.41) is 3.44. The van der Waals surface area contributed by atoms with Gasteiger partial charge in [-0.2, -0.15) is 4.31 Å². The minimum absolute atomic E-state index is 0.346. The van der Waals surface area contributed by atoms with Gasteiger partial charge in [-0.3, -0.25) is 0 Å². The molecule has 0 amide bonds. The number of nitrogens with one attached hydrogen (secondary N) is 1. The monoisotopic (exact) mass is 466 g/mol. The number of fused-ring (bicyclic) bond motifs is 1. The quantitative estimate of drug-likeness (QED) is 0.598. The van der Waals surface area contributed by atoms with E-state index >= 15 is 0 Å². The van der Waals surface area contributed by atoms with Crippen LogP contribution in [0, 0.1) is 0 Å². The highest BCUT2D eigenvalue weighted by Gasteiger charge is 2.27. The largest absolute Gasteiger partial charge is 0.363 e. The molecule has 0 spiro atoms. The summed E-state index contributed by atoms with van der Waals surface area (Å²) in [7, 11) is -1.44. The van der Waals surface area contributed by atoms with E-state index in [1.807, 2.05) is 43.4 Å². The van der Waals surface area contributed by atoms with Crippen molar-refractivity contribution in [2.75, 3.05) is 56.5 Å². The van der Waals surface area contributed by atoms with Gasteiger partial charge >= 0.3 is 0 Å². The number of hydrogen-bond donors (Lipinski definition) is 1. The first-order valence-corrected chi connectivity index (χ1v) is 13.0. The Morgan fingerprint density at radius 1 is 0.848 bits per heavy atom. The zero-order chi connectivity index (χ0) is 22.8. The van der Waals surface area contributed by atoms with Gasteiger partial charge in [0.05, 0.1) is 15.9 Å². The Bertz CT molecular complexity index is 1220. The van der Waals surface area contributed by atoms with Crippen molar-refractivity contribution in [1.29, 1.82) is 0 Å². The molecule has 0 atom stereocenters. The fourth-order valence-corrected chi connectivity index (χ4v) is 5.82. The summed E-state index contributed by atoms with van der Waals surface area (Å²) in [4.78, 5) is 14.5. The van der Waals surface area contributed by atoms with Crippen LogP contribution in [0.5, 0.6) is 0 Å². The van der Waals surface area contributed by atoms with Gasteiger partial charge in [-0.25, -0.2) is 18.4 Å². The van der Waals surface area contributed by atoms with Crippen LogP contribution in [-0.2, 0) is 16.6 Å². The number of anilines is 2. The van der Waals surface area contributed by atoms with Crippen molar-refractivity contribution in [3.8, 4) is 0 Å². The van der Waals surface area contributed by atoms with E-state index in [1.54, 1.807) is 16.4 Å². The maximum Gasteiger partial charge on any atom is 0.243 e. The van der Waals surface area contributed by atoms with E-state index in [0.29, 0.717) is 24.5 Å². The second kappa shape index (κ2) is 9.24. The number of likely N-dealkylation sites (N-methyl/N-ethyl adjacent to an activating group) is 1. The highest BCUT2D eigenvalue weighted by molar-refractivity contribution is 7.89. The van der Waals surface area contributed by atoms with Crippen LogP contribution in [0.25, 0.3) is 11.0 Å². The Labute approximate surface area is 195 Å². The van der Waals surface area contributed by atoms with Crippen molar-refractivity contribution < 1.29 is 8.42 Å². The van der Waals surface area contributed by atoms with Crippen LogP contribution >= 0.6 is 0 Å². The third-order valence-corrected chi connectivity index (χ3v) is 8.35. The number of sulfonamides is 1. The van der Waals surface area contributed by atoms with E-state index in [2.05, 4.69) is 15.1 Å². The molecule has 5 rings (SSSR count). The van der Waals surface area contributed by atoms with Crippen molar-refractivity contribution in [2.24, 2.45) is 0 Å². The van der Waals surface area contributed by atoms with E-state index in [-0.39, 0.29) is 0 Å². The van der Waals surface area contributed by atoms with Gasteiger partial charge in [-0.15, -0.1) is 0 Å². The van der Waals surface area contributed by atoms with E-state index in [4.69, 9.17) is 9.97 Å². The van der Waals surface area contributed by atoms with Crippen LogP contribution in [0.15, 0.2) is 53.4 Å². The number of rotatable bonds is 6. The Morgan fingerprint density at radius 2 is 1.48 bits per heavy atom. The lowest BCUT2D eigenvalue weighted by atomic mass is 10.2. The summed E-state index contributed by atoms with van der Waals surface area (Å²) in [6.07, 6.45) is 2.33. The normalized spacial score (nSPS) is 18.2. The fraction of sp³-hybridized carbons (Fsp3) is 0.417. The van der Waals surface area contributed by atoms with Gasteiger partial charge < -0.3 is 15.1 Å². The highest BCUT2D eigenvalue weighted by atomic mass is 32.2. The standard InChI is InChI=1S/C24H30N6O2S/c1-28-14-16-30(17-15-28)33(31,32)20-10-8-19(9-11-20)18-25-23-24(29-12-4-5-13-29)27-22-7-3-2-6-21(22)26-23/h2-3,6-11H,4-5,12-18H2,1H3,(H,25,26). The lowest BCUT2D eigenvalue weighted by Crippen LogP contribution is -2.46. The van der Waals surface area contributed by atoms with E-state index in [1.165, 1.54) is 0 Å². The molecule has 0 radical (unpaired) electrons. The summed E-state index contributed by atoms with van der Waals surface area (Å²) >= 11 is 0.